The lowest BCUT2D eigenvalue weighted by Gasteiger charge is -2.42. The Hall–Kier alpha value is -7.23. The molecule has 3 heteroatoms. The number of hydrogen-bond acceptors (Lipinski definition) is 3. The highest BCUT2D eigenvalue weighted by molar-refractivity contribution is 5.94. The molecule has 9 aromatic rings. The van der Waals surface area contributed by atoms with E-state index in [1.165, 1.54) is 38.9 Å². The van der Waals surface area contributed by atoms with Crippen LogP contribution in [0.4, 0.5) is 0 Å². The fourth-order valence-corrected chi connectivity index (χ4v) is 10.5. The Morgan fingerprint density at radius 2 is 0.778 bits per heavy atom. The van der Waals surface area contributed by atoms with Crippen LogP contribution in [-0.2, 0) is 16.2 Å². The van der Waals surface area contributed by atoms with E-state index in [1.807, 2.05) is 0 Å². The molecule has 0 radical (unpaired) electrons. The van der Waals surface area contributed by atoms with Crippen molar-refractivity contribution in [2.24, 2.45) is 0 Å². The average Bonchev–Trinajstić information content (AvgIpc) is 3.65. The van der Waals surface area contributed by atoms with Gasteiger partial charge in [-0.2, -0.15) is 0 Å². The first-order valence-corrected chi connectivity index (χ1v) is 22.2. The molecular formula is C60H49N3. The number of hydrogen-bond donors (Lipinski definition) is 0. The van der Waals surface area contributed by atoms with Gasteiger partial charge in [-0.25, -0.2) is 15.0 Å². The number of benzene rings is 8. The molecule has 2 aliphatic carbocycles. The topological polar surface area (TPSA) is 38.7 Å². The summed E-state index contributed by atoms with van der Waals surface area (Å²) in [5, 5.41) is 0. The summed E-state index contributed by atoms with van der Waals surface area (Å²) in [5.74, 6) is 1.97. The van der Waals surface area contributed by atoms with Gasteiger partial charge in [-0.3, -0.25) is 0 Å². The molecule has 2 aliphatic rings. The zero-order valence-corrected chi connectivity index (χ0v) is 36.3. The van der Waals surface area contributed by atoms with Gasteiger partial charge in [0.2, 0.25) is 0 Å². The third-order valence-electron chi connectivity index (χ3n) is 13.9. The van der Waals surface area contributed by atoms with Gasteiger partial charge in [0, 0.05) is 16.7 Å². The molecule has 0 unspecified atom stereocenters. The first-order chi connectivity index (χ1) is 30.7. The lowest BCUT2D eigenvalue weighted by atomic mass is 9.63. The molecular weight excluding hydrogens is 763 g/mol. The van der Waals surface area contributed by atoms with Crippen LogP contribution in [0, 0.1) is 0 Å². The summed E-state index contributed by atoms with van der Waals surface area (Å²) in [4.78, 5) is 16.5. The minimum Gasteiger partial charge on any atom is -0.208 e. The summed E-state index contributed by atoms with van der Waals surface area (Å²) in [7, 11) is 0. The van der Waals surface area contributed by atoms with Gasteiger partial charge in [-0.1, -0.05) is 204 Å². The highest BCUT2D eigenvalue weighted by atomic mass is 15.0. The van der Waals surface area contributed by atoms with Gasteiger partial charge in [0.15, 0.2) is 17.5 Å². The van der Waals surface area contributed by atoms with Crippen molar-refractivity contribution in [1.29, 1.82) is 0 Å². The first kappa shape index (κ1) is 38.7. The van der Waals surface area contributed by atoms with E-state index in [0.29, 0.717) is 17.5 Å². The molecule has 0 saturated heterocycles. The zero-order chi connectivity index (χ0) is 42.8. The molecule has 304 valence electrons. The van der Waals surface area contributed by atoms with E-state index in [9.17, 15) is 0 Å². The summed E-state index contributed by atoms with van der Waals surface area (Å²) in [6.07, 6.45) is 2.28. The van der Waals surface area contributed by atoms with Crippen molar-refractivity contribution in [3.05, 3.63) is 234 Å². The van der Waals surface area contributed by atoms with E-state index in [1.54, 1.807) is 0 Å². The average molecular weight is 812 g/mol. The summed E-state index contributed by atoms with van der Waals surface area (Å²) >= 11 is 0. The maximum Gasteiger partial charge on any atom is 0.164 e. The molecule has 1 heterocycles. The molecule has 0 amide bonds. The number of rotatable bonds is 7. The molecule has 8 aromatic carbocycles. The molecule has 0 spiro atoms. The van der Waals surface area contributed by atoms with Crippen LogP contribution >= 0.6 is 0 Å². The monoisotopic (exact) mass is 811 g/mol. The van der Waals surface area contributed by atoms with Crippen molar-refractivity contribution in [2.45, 2.75) is 56.8 Å². The van der Waals surface area contributed by atoms with Gasteiger partial charge in [0.05, 0.1) is 5.41 Å². The van der Waals surface area contributed by atoms with Crippen LogP contribution < -0.4 is 0 Å². The van der Waals surface area contributed by atoms with Crippen LogP contribution in [0.3, 0.4) is 0 Å². The Morgan fingerprint density at radius 1 is 0.317 bits per heavy atom. The van der Waals surface area contributed by atoms with Crippen LogP contribution in [0.2, 0.25) is 0 Å². The normalized spacial score (nSPS) is 15.2. The van der Waals surface area contributed by atoms with Crippen molar-refractivity contribution in [2.75, 3.05) is 0 Å². The Morgan fingerprint density at radius 3 is 1.38 bits per heavy atom. The largest absolute Gasteiger partial charge is 0.208 e. The SMILES string of the molecule is CC1(C)CCC(C)(C)c2cc(-c3nc(-c4cc(-c5ccccc5)cc(-c5ccccc5)c4)nc(-c4cccc5c4-c4ccccc4C5(c4ccccc4)c4ccccc4)n3)ccc21. The van der Waals surface area contributed by atoms with Crippen LogP contribution in [0.5, 0.6) is 0 Å². The van der Waals surface area contributed by atoms with E-state index in [2.05, 4.69) is 228 Å². The second-order valence-electron chi connectivity index (χ2n) is 18.6. The maximum absolute atomic E-state index is 5.53. The molecule has 0 N–H and O–H groups in total. The second-order valence-corrected chi connectivity index (χ2v) is 18.6. The molecule has 0 atom stereocenters. The van der Waals surface area contributed by atoms with Gasteiger partial charge in [0.25, 0.3) is 0 Å². The molecule has 3 nitrogen and oxygen atoms in total. The number of nitrogens with zero attached hydrogens (tertiary/aromatic N) is 3. The van der Waals surface area contributed by atoms with E-state index >= 15 is 0 Å². The lowest BCUT2D eigenvalue weighted by Crippen LogP contribution is -2.33. The van der Waals surface area contributed by atoms with Gasteiger partial charge < -0.3 is 0 Å². The van der Waals surface area contributed by atoms with Crippen LogP contribution in [0.15, 0.2) is 200 Å². The minimum atomic E-state index is -0.547. The molecule has 0 aliphatic heterocycles. The standard InChI is InChI=1S/C60H49N3/c1-58(2)34-35-59(3,4)53-39-42(32-33-51(53)58)55-61-56(45-37-43(40-20-9-5-10-21-40)36-44(38-45)41-22-11-6-12-23-41)63-57(62-55)49-29-19-31-52-54(49)48-28-17-18-30-50(48)60(52,46-24-13-7-14-25-46)47-26-15-8-16-27-47/h5-33,36-39H,34-35H2,1-4H3. The fraction of sp³-hybridized carbons (Fsp3) is 0.150. The molecule has 1 aromatic heterocycles. The highest BCUT2D eigenvalue weighted by Gasteiger charge is 2.47. The minimum absolute atomic E-state index is 0.0241. The van der Waals surface area contributed by atoms with Crippen molar-refractivity contribution >= 4 is 0 Å². The summed E-state index contributed by atoms with van der Waals surface area (Å²) < 4.78 is 0. The highest BCUT2D eigenvalue weighted by Crippen LogP contribution is 2.58. The summed E-state index contributed by atoms with van der Waals surface area (Å²) in [6.45, 7) is 9.52. The van der Waals surface area contributed by atoms with Gasteiger partial charge in [-0.05, 0) is 115 Å². The third kappa shape index (κ3) is 6.45. The summed E-state index contributed by atoms with van der Waals surface area (Å²) in [5.41, 5.74) is 17.0. The Labute approximate surface area is 371 Å². The Bertz CT molecular complexity index is 3050. The van der Waals surface area contributed by atoms with Crippen LogP contribution in [0.1, 0.15) is 73.9 Å². The van der Waals surface area contributed by atoms with Crippen molar-refractivity contribution in [1.82, 2.24) is 15.0 Å². The second kappa shape index (κ2) is 15.0. The van der Waals surface area contributed by atoms with Gasteiger partial charge >= 0.3 is 0 Å². The third-order valence-corrected chi connectivity index (χ3v) is 13.9. The molecule has 0 bridgehead atoms. The predicted molar refractivity (Wildman–Crippen MR) is 260 cm³/mol. The lowest BCUT2D eigenvalue weighted by molar-refractivity contribution is 0.332. The van der Waals surface area contributed by atoms with Crippen molar-refractivity contribution < 1.29 is 0 Å². The van der Waals surface area contributed by atoms with E-state index in [0.717, 1.165) is 57.3 Å². The zero-order valence-electron chi connectivity index (χ0n) is 36.3. The quantitative estimate of drug-likeness (QED) is 0.161. The first-order valence-electron chi connectivity index (χ1n) is 22.2. The number of fused-ring (bicyclic) bond motifs is 4. The predicted octanol–water partition coefficient (Wildman–Crippen LogP) is 14.9. The molecule has 63 heavy (non-hydrogen) atoms. The van der Waals surface area contributed by atoms with Crippen LogP contribution in [-0.4, -0.2) is 15.0 Å². The van der Waals surface area contributed by atoms with E-state index in [4.69, 9.17) is 15.0 Å². The molecule has 11 rings (SSSR count). The van der Waals surface area contributed by atoms with Gasteiger partial charge in [0.1, 0.15) is 0 Å². The Kier molecular flexibility index (Phi) is 9.20. The van der Waals surface area contributed by atoms with Crippen LogP contribution in [0.25, 0.3) is 67.5 Å². The Balaban J connectivity index is 1.20. The molecule has 0 saturated carbocycles. The van der Waals surface area contributed by atoms with E-state index in [-0.39, 0.29) is 10.8 Å². The van der Waals surface area contributed by atoms with E-state index < -0.39 is 5.41 Å². The smallest absolute Gasteiger partial charge is 0.164 e. The maximum atomic E-state index is 5.53. The van der Waals surface area contributed by atoms with Crippen molar-refractivity contribution in [3.8, 4) is 67.5 Å². The molecule has 0 fully saturated rings. The fourth-order valence-electron chi connectivity index (χ4n) is 10.5. The summed E-state index contributed by atoms with van der Waals surface area (Å²) in [6, 6.07) is 72.5. The number of aromatic nitrogens is 3. The van der Waals surface area contributed by atoms with Crippen molar-refractivity contribution in [3.63, 3.8) is 0 Å². The van der Waals surface area contributed by atoms with Gasteiger partial charge in [-0.15, -0.1) is 0 Å².